The molecule has 0 radical (unpaired) electrons. The second-order valence-corrected chi connectivity index (χ2v) is 7.30. The quantitative estimate of drug-likeness (QED) is 0.744. The van der Waals surface area contributed by atoms with Gasteiger partial charge in [-0.05, 0) is 31.7 Å². The first kappa shape index (κ1) is 18.2. The lowest BCUT2D eigenvalue weighted by Gasteiger charge is -2.18. The third-order valence-electron chi connectivity index (χ3n) is 5.39. The average Bonchev–Trinajstić information content (AvgIpc) is 3.27. The molecule has 2 aromatic carbocycles. The van der Waals surface area contributed by atoms with Gasteiger partial charge in [0.25, 0.3) is 0 Å². The number of fused-ring (bicyclic) bond motifs is 1. The molecule has 1 aromatic heterocycles. The van der Waals surface area contributed by atoms with Crippen LogP contribution in [0.2, 0.25) is 0 Å². The van der Waals surface area contributed by atoms with Gasteiger partial charge in [0.1, 0.15) is 0 Å². The van der Waals surface area contributed by atoms with Crippen molar-refractivity contribution in [1.29, 1.82) is 0 Å². The Morgan fingerprint density at radius 1 is 1.21 bits per heavy atom. The Bertz CT molecular complexity index is 1030. The van der Waals surface area contributed by atoms with Crippen LogP contribution in [-0.2, 0) is 9.59 Å². The number of rotatable bonds is 5. The number of carbonyl (C=O) groups excluding carboxylic acids is 2. The summed E-state index contributed by atoms with van der Waals surface area (Å²) in [5.74, 6) is -0.0807. The van der Waals surface area contributed by atoms with Gasteiger partial charge in [-0.15, -0.1) is 0 Å². The van der Waals surface area contributed by atoms with Crippen molar-refractivity contribution in [1.82, 2.24) is 20.0 Å². The van der Waals surface area contributed by atoms with Crippen LogP contribution in [0.3, 0.4) is 0 Å². The van der Waals surface area contributed by atoms with Gasteiger partial charge in [0.05, 0.1) is 24.5 Å². The first-order chi connectivity index (χ1) is 13.5. The molecule has 1 fully saturated rings. The van der Waals surface area contributed by atoms with Crippen LogP contribution < -0.4 is 5.32 Å². The molecule has 0 aliphatic carbocycles. The molecule has 0 spiro atoms. The Kier molecular flexibility index (Phi) is 4.86. The first-order valence-electron chi connectivity index (χ1n) is 9.64. The molecule has 28 heavy (non-hydrogen) atoms. The number of nitrogens with one attached hydrogen (secondary N) is 1. The number of hydrogen-bond donors (Lipinski definition) is 1. The summed E-state index contributed by atoms with van der Waals surface area (Å²) in [5.41, 5.74) is 2.97. The van der Waals surface area contributed by atoms with E-state index in [0.717, 1.165) is 34.1 Å². The zero-order valence-electron chi connectivity index (χ0n) is 16.2. The van der Waals surface area contributed by atoms with Crippen molar-refractivity contribution in [2.75, 3.05) is 13.1 Å². The molecule has 6 nitrogen and oxygen atoms in total. The van der Waals surface area contributed by atoms with Crippen LogP contribution in [0.5, 0.6) is 0 Å². The highest BCUT2D eigenvalue weighted by Crippen LogP contribution is 2.25. The maximum absolute atomic E-state index is 12.4. The third-order valence-corrected chi connectivity index (χ3v) is 5.39. The molecule has 0 saturated carbocycles. The number of benzene rings is 2. The van der Waals surface area contributed by atoms with Crippen molar-refractivity contribution >= 4 is 22.6 Å². The lowest BCUT2D eigenvalue weighted by molar-refractivity contribution is -0.133. The number of likely N-dealkylation sites (tertiary alicyclic amines) is 1. The highest BCUT2D eigenvalue weighted by Gasteiger charge is 2.24. The Hall–Kier alpha value is -3.15. The molecule has 144 valence electrons. The molecule has 1 atom stereocenters. The lowest BCUT2D eigenvalue weighted by Crippen LogP contribution is -2.38. The van der Waals surface area contributed by atoms with Gasteiger partial charge >= 0.3 is 0 Å². The minimum atomic E-state index is -0.186. The van der Waals surface area contributed by atoms with Crippen LogP contribution in [0.4, 0.5) is 0 Å². The molecule has 1 saturated heterocycles. The predicted molar refractivity (Wildman–Crippen MR) is 108 cm³/mol. The van der Waals surface area contributed by atoms with Gasteiger partial charge in [0.15, 0.2) is 0 Å². The van der Waals surface area contributed by atoms with Crippen molar-refractivity contribution in [3.05, 3.63) is 59.9 Å². The Balaban J connectivity index is 1.54. The Labute approximate surface area is 164 Å². The van der Waals surface area contributed by atoms with Gasteiger partial charge in [-0.1, -0.05) is 36.4 Å². The van der Waals surface area contributed by atoms with Crippen molar-refractivity contribution < 1.29 is 9.59 Å². The maximum Gasteiger partial charge on any atom is 0.240 e. The fourth-order valence-corrected chi connectivity index (χ4v) is 3.89. The molecule has 2 amide bonds. The number of aromatic nitrogens is 2. The SMILES string of the molecule is Cc1c([C@H](C)NC(=O)CN2CCCC2=O)cnn1-c1cccc2ccccc12. The summed E-state index contributed by atoms with van der Waals surface area (Å²) in [6.07, 6.45) is 3.18. The fraction of sp³-hybridized carbons (Fsp3) is 0.318. The number of nitrogens with zero attached hydrogens (tertiary/aromatic N) is 3. The van der Waals surface area contributed by atoms with Crippen LogP contribution in [-0.4, -0.2) is 39.6 Å². The van der Waals surface area contributed by atoms with Gasteiger partial charge < -0.3 is 10.2 Å². The van der Waals surface area contributed by atoms with E-state index in [0.29, 0.717) is 13.0 Å². The number of amides is 2. The van der Waals surface area contributed by atoms with Crippen LogP contribution in [0.1, 0.15) is 37.1 Å². The predicted octanol–water partition coefficient (Wildman–Crippen LogP) is 3.13. The van der Waals surface area contributed by atoms with Crippen LogP contribution >= 0.6 is 0 Å². The minimum Gasteiger partial charge on any atom is -0.348 e. The van der Waals surface area contributed by atoms with E-state index in [1.165, 1.54) is 0 Å². The number of hydrogen-bond acceptors (Lipinski definition) is 3. The van der Waals surface area contributed by atoms with E-state index in [1.54, 1.807) is 4.90 Å². The molecule has 2 heterocycles. The molecular formula is C22H24N4O2. The van der Waals surface area contributed by atoms with Crippen LogP contribution in [0.15, 0.2) is 48.7 Å². The fourth-order valence-electron chi connectivity index (χ4n) is 3.89. The van der Waals surface area contributed by atoms with Crippen molar-refractivity contribution in [2.24, 2.45) is 0 Å². The maximum atomic E-state index is 12.4. The summed E-state index contributed by atoms with van der Waals surface area (Å²) in [6, 6.07) is 14.2. The topological polar surface area (TPSA) is 67.2 Å². The van der Waals surface area contributed by atoms with Crippen LogP contribution in [0, 0.1) is 6.92 Å². The molecule has 1 aliphatic heterocycles. The molecule has 0 unspecified atom stereocenters. The summed E-state index contributed by atoms with van der Waals surface area (Å²) in [6.45, 7) is 4.75. The molecule has 1 N–H and O–H groups in total. The molecule has 3 aromatic rings. The van der Waals surface area contributed by atoms with Crippen molar-refractivity contribution in [3.63, 3.8) is 0 Å². The smallest absolute Gasteiger partial charge is 0.240 e. The Morgan fingerprint density at radius 2 is 2.00 bits per heavy atom. The average molecular weight is 376 g/mol. The van der Waals surface area contributed by atoms with E-state index >= 15 is 0 Å². The van der Waals surface area contributed by atoms with Gasteiger partial charge in [-0.25, -0.2) is 4.68 Å². The zero-order valence-corrected chi connectivity index (χ0v) is 16.2. The lowest BCUT2D eigenvalue weighted by atomic mass is 10.1. The molecule has 1 aliphatic rings. The van der Waals surface area contributed by atoms with E-state index in [1.807, 2.05) is 49.0 Å². The van der Waals surface area contributed by atoms with Gasteiger partial charge in [0, 0.05) is 29.6 Å². The monoisotopic (exact) mass is 376 g/mol. The molecule has 6 heteroatoms. The van der Waals surface area contributed by atoms with E-state index in [9.17, 15) is 9.59 Å². The van der Waals surface area contributed by atoms with Crippen molar-refractivity contribution in [3.8, 4) is 5.69 Å². The van der Waals surface area contributed by atoms with Gasteiger partial charge in [-0.3, -0.25) is 9.59 Å². The Morgan fingerprint density at radius 3 is 2.79 bits per heavy atom. The summed E-state index contributed by atoms with van der Waals surface area (Å²) < 4.78 is 1.92. The van der Waals surface area contributed by atoms with E-state index in [2.05, 4.69) is 28.6 Å². The summed E-state index contributed by atoms with van der Waals surface area (Å²) >= 11 is 0. The summed E-state index contributed by atoms with van der Waals surface area (Å²) in [5, 5.41) is 9.87. The minimum absolute atomic E-state index is 0.0581. The third kappa shape index (κ3) is 3.38. The highest BCUT2D eigenvalue weighted by atomic mass is 16.2. The second-order valence-electron chi connectivity index (χ2n) is 7.30. The number of carbonyl (C=O) groups is 2. The zero-order chi connectivity index (χ0) is 19.7. The van der Waals surface area contributed by atoms with E-state index < -0.39 is 0 Å². The standard InChI is InChI=1S/C22H24N4O2/c1-15(24-21(27)14-25-12-6-11-22(25)28)19-13-23-26(16(19)2)20-10-5-8-17-7-3-4-9-18(17)20/h3-5,7-10,13,15H,6,11-12,14H2,1-2H3,(H,24,27)/t15-/m0/s1. The molecule has 4 rings (SSSR count). The normalized spacial score (nSPS) is 15.2. The van der Waals surface area contributed by atoms with Crippen molar-refractivity contribution in [2.45, 2.75) is 32.7 Å². The highest BCUT2D eigenvalue weighted by molar-refractivity contribution is 5.90. The van der Waals surface area contributed by atoms with Gasteiger partial charge in [-0.2, -0.15) is 5.10 Å². The van der Waals surface area contributed by atoms with E-state index in [4.69, 9.17) is 0 Å². The molecular weight excluding hydrogens is 352 g/mol. The van der Waals surface area contributed by atoms with Gasteiger partial charge in [0.2, 0.25) is 11.8 Å². The van der Waals surface area contributed by atoms with E-state index in [-0.39, 0.29) is 24.4 Å². The molecule has 0 bridgehead atoms. The van der Waals surface area contributed by atoms with Crippen LogP contribution in [0.25, 0.3) is 16.5 Å². The summed E-state index contributed by atoms with van der Waals surface area (Å²) in [7, 11) is 0. The largest absolute Gasteiger partial charge is 0.348 e. The summed E-state index contributed by atoms with van der Waals surface area (Å²) in [4.78, 5) is 25.7. The second kappa shape index (κ2) is 7.46. The first-order valence-corrected chi connectivity index (χ1v) is 9.64.